The van der Waals surface area contributed by atoms with Crippen molar-refractivity contribution in [2.75, 3.05) is 51.8 Å². The number of aromatic nitrogens is 2. The van der Waals surface area contributed by atoms with Crippen molar-refractivity contribution in [3.05, 3.63) is 53.0 Å². The van der Waals surface area contributed by atoms with Gasteiger partial charge in [0.25, 0.3) is 5.91 Å². The first-order valence-electron chi connectivity index (χ1n) is 11.2. The van der Waals surface area contributed by atoms with Crippen LogP contribution in [0, 0.1) is 6.92 Å². The maximum atomic E-state index is 13.6. The van der Waals surface area contributed by atoms with Crippen molar-refractivity contribution in [2.24, 2.45) is 0 Å². The zero-order valence-corrected chi connectivity index (χ0v) is 18.9. The van der Waals surface area contributed by atoms with E-state index in [2.05, 4.69) is 23.2 Å². The number of anilines is 1. The number of carbonyl (C=O) groups is 1. The predicted molar refractivity (Wildman–Crippen MR) is 121 cm³/mol. The van der Waals surface area contributed by atoms with Crippen LogP contribution < -0.4 is 5.32 Å². The van der Waals surface area contributed by atoms with Gasteiger partial charge in [-0.3, -0.25) is 9.69 Å². The predicted octanol–water partition coefficient (Wildman–Crippen LogP) is 2.85. The fourth-order valence-corrected chi connectivity index (χ4v) is 4.60. The lowest BCUT2D eigenvalue weighted by Gasteiger charge is -2.40. The average Bonchev–Trinajstić information content (AvgIpc) is 2.79. The third-order valence-corrected chi connectivity index (χ3v) is 6.38. The molecule has 1 aromatic heterocycles. The minimum atomic E-state index is -0.259. The van der Waals surface area contributed by atoms with Crippen LogP contribution in [0.2, 0.25) is 0 Å². The molecule has 0 unspecified atom stereocenters. The summed E-state index contributed by atoms with van der Waals surface area (Å²) in [6.45, 7) is 9.67. The first kappa shape index (κ1) is 21.7. The number of carbonyl (C=O) groups excluding carboxylic acids is 1. The molecule has 3 heterocycles. The number of ether oxygens (including phenoxy) is 1. The van der Waals surface area contributed by atoms with E-state index in [1.807, 2.05) is 43.1 Å². The Labute approximate surface area is 184 Å². The van der Waals surface area contributed by atoms with Gasteiger partial charge in [-0.2, -0.15) is 0 Å². The lowest BCUT2D eigenvalue weighted by atomic mass is 9.80. The summed E-state index contributed by atoms with van der Waals surface area (Å²) in [5.41, 5.74) is 2.57. The fraction of sp³-hybridized carbons (Fsp3) is 0.542. The van der Waals surface area contributed by atoms with Crippen molar-refractivity contribution in [1.82, 2.24) is 19.8 Å². The second-order valence-electron chi connectivity index (χ2n) is 8.90. The average molecular weight is 424 g/mol. The molecule has 2 aliphatic heterocycles. The molecule has 2 fully saturated rings. The van der Waals surface area contributed by atoms with Gasteiger partial charge in [0.15, 0.2) is 0 Å². The largest absolute Gasteiger partial charge is 0.379 e. The number of piperidine rings is 1. The summed E-state index contributed by atoms with van der Waals surface area (Å²) in [4.78, 5) is 27.4. The summed E-state index contributed by atoms with van der Waals surface area (Å²) in [6.07, 6.45) is 1.92. The van der Waals surface area contributed by atoms with Gasteiger partial charge < -0.3 is 15.0 Å². The lowest BCUT2D eigenvalue weighted by molar-refractivity contribution is 0.0339. The number of aryl methyl sites for hydroxylation is 1. The van der Waals surface area contributed by atoms with Gasteiger partial charge in [-0.1, -0.05) is 25.1 Å². The van der Waals surface area contributed by atoms with Gasteiger partial charge >= 0.3 is 0 Å². The van der Waals surface area contributed by atoms with Gasteiger partial charge in [0, 0.05) is 62.5 Å². The summed E-state index contributed by atoms with van der Waals surface area (Å²) < 4.78 is 5.47. The summed E-state index contributed by atoms with van der Waals surface area (Å²) in [5, 5.41) is 3.13. The zero-order valence-electron chi connectivity index (χ0n) is 18.9. The number of hydrogen-bond donors (Lipinski definition) is 1. The molecule has 1 N–H and O–H groups in total. The molecule has 31 heavy (non-hydrogen) atoms. The van der Waals surface area contributed by atoms with Crippen molar-refractivity contribution in [1.29, 1.82) is 0 Å². The normalized spacial score (nSPS) is 22.4. The van der Waals surface area contributed by atoms with Gasteiger partial charge in [-0.25, -0.2) is 9.97 Å². The molecule has 0 aliphatic carbocycles. The van der Waals surface area contributed by atoms with Crippen LogP contribution in [0.1, 0.15) is 47.2 Å². The molecule has 4 rings (SSSR count). The number of rotatable bonds is 5. The van der Waals surface area contributed by atoms with Gasteiger partial charge in [-0.15, -0.1) is 0 Å². The SMILES string of the molecule is CNc1cc(C)nc([C@@]2(C)CCCN(C(=O)c3ccccc3CN3CCOCC3)C2)n1. The first-order chi connectivity index (χ1) is 15.0. The Morgan fingerprint density at radius 1 is 1.19 bits per heavy atom. The summed E-state index contributed by atoms with van der Waals surface area (Å²) in [6, 6.07) is 9.97. The highest BCUT2D eigenvalue weighted by molar-refractivity contribution is 5.95. The third-order valence-electron chi connectivity index (χ3n) is 6.38. The Morgan fingerprint density at radius 2 is 1.97 bits per heavy atom. The molecule has 2 aromatic rings. The number of amides is 1. The maximum Gasteiger partial charge on any atom is 0.254 e. The van der Waals surface area contributed by atoms with E-state index in [0.717, 1.165) is 80.7 Å². The maximum absolute atomic E-state index is 13.6. The second-order valence-corrected chi connectivity index (χ2v) is 8.90. The van der Waals surface area contributed by atoms with Crippen molar-refractivity contribution >= 4 is 11.7 Å². The number of morpholine rings is 1. The van der Waals surface area contributed by atoms with E-state index in [4.69, 9.17) is 14.7 Å². The van der Waals surface area contributed by atoms with Crippen LogP contribution in [0.3, 0.4) is 0 Å². The van der Waals surface area contributed by atoms with E-state index in [1.165, 1.54) is 0 Å². The fourth-order valence-electron chi connectivity index (χ4n) is 4.60. The van der Waals surface area contributed by atoms with E-state index >= 15 is 0 Å². The number of nitrogens with zero attached hydrogens (tertiary/aromatic N) is 4. The number of benzene rings is 1. The minimum absolute atomic E-state index is 0.108. The van der Waals surface area contributed by atoms with Crippen molar-refractivity contribution in [3.63, 3.8) is 0 Å². The number of hydrogen-bond acceptors (Lipinski definition) is 6. The molecule has 1 aromatic carbocycles. The van der Waals surface area contributed by atoms with Crippen LogP contribution in [-0.4, -0.2) is 72.1 Å². The lowest BCUT2D eigenvalue weighted by Crippen LogP contribution is -2.48. The van der Waals surface area contributed by atoms with Crippen LogP contribution in [0.15, 0.2) is 30.3 Å². The van der Waals surface area contributed by atoms with Crippen LogP contribution >= 0.6 is 0 Å². The van der Waals surface area contributed by atoms with E-state index in [0.29, 0.717) is 6.54 Å². The van der Waals surface area contributed by atoms with Crippen molar-refractivity contribution in [3.8, 4) is 0 Å². The van der Waals surface area contributed by atoms with Gasteiger partial charge in [-0.05, 0) is 31.4 Å². The minimum Gasteiger partial charge on any atom is -0.379 e. The Morgan fingerprint density at radius 3 is 2.74 bits per heavy atom. The highest BCUT2D eigenvalue weighted by Crippen LogP contribution is 2.33. The molecular formula is C24H33N5O2. The molecule has 0 saturated carbocycles. The molecule has 0 bridgehead atoms. The van der Waals surface area contributed by atoms with E-state index in [-0.39, 0.29) is 11.3 Å². The number of likely N-dealkylation sites (tertiary alicyclic amines) is 1. The molecule has 1 atom stereocenters. The van der Waals surface area contributed by atoms with Crippen LogP contribution in [0.4, 0.5) is 5.82 Å². The van der Waals surface area contributed by atoms with Crippen LogP contribution in [0.5, 0.6) is 0 Å². The van der Waals surface area contributed by atoms with Crippen LogP contribution in [-0.2, 0) is 16.7 Å². The smallest absolute Gasteiger partial charge is 0.254 e. The van der Waals surface area contributed by atoms with Crippen molar-refractivity contribution < 1.29 is 9.53 Å². The molecule has 166 valence electrons. The first-order valence-corrected chi connectivity index (χ1v) is 11.2. The topological polar surface area (TPSA) is 70.6 Å². The molecule has 7 nitrogen and oxygen atoms in total. The van der Waals surface area contributed by atoms with Gasteiger partial charge in [0.1, 0.15) is 11.6 Å². The Bertz CT molecular complexity index is 928. The van der Waals surface area contributed by atoms with Crippen LogP contribution in [0.25, 0.3) is 0 Å². The summed E-state index contributed by atoms with van der Waals surface area (Å²) in [7, 11) is 1.87. The molecule has 0 spiro atoms. The highest BCUT2D eigenvalue weighted by atomic mass is 16.5. The van der Waals surface area contributed by atoms with Gasteiger partial charge in [0.05, 0.1) is 13.2 Å². The molecule has 2 aliphatic rings. The van der Waals surface area contributed by atoms with Crippen molar-refractivity contribution in [2.45, 2.75) is 38.6 Å². The quantitative estimate of drug-likeness (QED) is 0.798. The Balaban J connectivity index is 1.55. The monoisotopic (exact) mass is 423 g/mol. The molecule has 0 radical (unpaired) electrons. The molecule has 1 amide bonds. The zero-order chi connectivity index (χ0) is 21.8. The molecule has 7 heteroatoms. The number of nitrogens with one attached hydrogen (secondary N) is 1. The van der Waals surface area contributed by atoms with E-state index in [9.17, 15) is 4.79 Å². The third kappa shape index (κ3) is 4.88. The van der Waals surface area contributed by atoms with E-state index < -0.39 is 0 Å². The summed E-state index contributed by atoms with van der Waals surface area (Å²) >= 11 is 0. The molecule has 2 saturated heterocycles. The van der Waals surface area contributed by atoms with Gasteiger partial charge in [0.2, 0.25) is 0 Å². The second kappa shape index (κ2) is 9.32. The standard InChI is InChI=1S/C24H33N5O2/c1-18-15-21(25-3)27-23(26-18)24(2)9-6-10-29(17-24)22(30)20-8-5-4-7-19(20)16-28-11-13-31-14-12-28/h4-5,7-8,15H,6,9-14,16-17H2,1-3H3,(H,25,26,27)/t24-/m0/s1. The highest BCUT2D eigenvalue weighted by Gasteiger charge is 2.38. The Hall–Kier alpha value is -2.51. The Kier molecular flexibility index (Phi) is 6.53. The van der Waals surface area contributed by atoms with E-state index in [1.54, 1.807) is 0 Å². The molecular weight excluding hydrogens is 390 g/mol. The summed E-state index contributed by atoms with van der Waals surface area (Å²) in [5.74, 6) is 1.75.